The molecule has 1 fully saturated rings. The van der Waals surface area contributed by atoms with Gasteiger partial charge in [0, 0.05) is 30.1 Å². The Bertz CT molecular complexity index is 463. The van der Waals surface area contributed by atoms with Crippen molar-refractivity contribution in [2.75, 3.05) is 6.54 Å². The van der Waals surface area contributed by atoms with Crippen molar-refractivity contribution in [1.29, 1.82) is 0 Å². The molecule has 0 radical (unpaired) electrons. The van der Waals surface area contributed by atoms with Crippen molar-refractivity contribution >= 4 is 17.5 Å². The minimum atomic E-state index is -0.343. The van der Waals surface area contributed by atoms with E-state index < -0.39 is 0 Å². The van der Waals surface area contributed by atoms with Crippen molar-refractivity contribution in [3.63, 3.8) is 0 Å². The van der Waals surface area contributed by atoms with Crippen LogP contribution in [0, 0.1) is 5.82 Å². The molecule has 19 heavy (non-hydrogen) atoms. The lowest BCUT2D eigenvalue weighted by Crippen LogP contribution is -2.30. The summed E-state index contributed by atoms with van der Waals surface area (Å²) in [5.74, 6) is -0.267. The predicted molar refractivity (Wildman–Crippen MR) is 73.6 cm³/mol. The summed E-state index contributed by atoms with van der Waals surface area (Å²) in [7, 11) is 0. The second kappa shape index (κ2) is 6.35. The number of benzene rings is 1. The third-order valence-corrected chi connectivity index (χ3v) is 3.50. The first kappa shape index (κ1) is 14.3. The zero-order valence-electron chi connectivity index (χ0n) is 10.9. The Morgan fingerprint density at radius 2 is 2.26 bits per heavy atom. The van der Waals surface area contributed by atoms with Crippen molar-refractivity contribution in [1.82, 2.24) is 10.6 Å². The smallest absolute Gasteiger partial charge is 0.221 e. The van der Waals surface area contributed by atoms with E-state index in [1.807, 2.05) is 6.92 Å². The maximum atomic E-state index is 12.9. The van der Waals surface area contributed by atoms with E-state index in [-0.39, 0.29) is 17.8 Å². The molecular formula is C14H18ClFN2O. The molecule has 1 aromatic rings. The van der Waals surface area contributed by atoms with E-state index >= 15 is 0 Å². The molecule has 1 aliphatic carbocycles. The molecule has 0 spiro atoms. The summed E-state index contributed by atoms with van der Waals surface area (Å²) < 4.78 is 12.9. The van der Waals surface area contributed by atoms with E-state index in [4.69, 9.17) is 11.6 Å². The van der Waals surface area contributed by atoms with Gasteiger partial charge in [0.1, 0.15) is 5.82 Å². The second-order valence-electron chi connectivity index (χ2n) is 4.93. The van der Waals surface area contributed by atoms with Gasteiger partial charge in [-0.25, -0.2) is 4.39 Å². The van der Waals surface area contributed by atoms with Crippen LogP contribution in [0.25, 0.3) is 0 Å². The van der Waals surface area contributed by atoms with Crippen molar-refractivity contribution in [3.05, 3.63) is 34.6 Å². The van der Waals surface area contributed by atoms with Crippen LogP contribution in [0.4, 0.5) is 4.39 Å². The van der Waals surface area contributed by atoms with Crippen LogP contribution in [0.3, 0.4) is 0 Å². The van der Waals surface area contributed by atoms with Gasteiger partial charge in [0.15, 0.2) is 0 Å². The molecule has 1 atom stereocenters. The Balaban J connectivity index is 1.76. The molecule has 2 rings (SSSR count). The number of carbonyl (C=O) groups is 1. The SMILES string of the molecule is CC(NCCC(=O)NC1CC1)c1ccc(F)cc1Cl. The highest BCUT2D eigenvalue weighted by Gasteiger charge is 2.22. The molecule has 104 valence electrons. The van der Waals surface area contributed by atoms with Gasteiger partial charge in [-0.2, -0.15) is 0 Å². The zero-order chi connectivity index (χ0) is 13.8. The lowest BCUT2D eigenvalue weighted by Gasteiger charge is -2.15. The number of nitrogens with one attached hydrogen (secondary N) is 2. The zero-order valence-corrected chi connectivity index (χ0v) is 11.6. The van der Waals surface area contributed by atoms with Crippen molar-refractivity contribution in [2.24, 2.45) is 0 Å². The molecule has 3 nitrogen and oxygen atoms in total. The van der Waals surface area contributed by atoms with Gasteiger partial charge in [0.2, 0.25) is 5.91 Å². The molecule has 1 saturated carbocycles. The van der Waals surface area contributed by atoms with Crippen LogP contribution < -0.4 is 10.6 Å². The minimum absolute atomic E-state index is 0.0122. The minimum Gasteiger partial charge on any atom is -0.353 e. The number of hydrogen-bond donors (Lipinski definition) is 2. The Morgan fingerprint density at radius 3 is 2.89 bits per heavy atom. The fraction of sp³-hybridized carbons (Fsp3) is 0.500. The van der Waals surface area contributed by atoms with Gasteiger partial charge in [-0.15, -0.1) is 0 Å². The van der Waals surface area contributed by atoms with E-state index in [1.54, 1.807) is 6.07 Å². The molecule has 5 heteroatoms. The Kier molecular flexibility index (Phi) is 4.77. The lowest BCUT2D eigenvalue weighted by molar-refractivity contribution is -0.121. The molecule has 1 unspecified atom stereocenters. The molecule has 0 aromatic heterocycles. The number of halogens is 2. The largest absolute Gasteiger partial charge is 0.353 e. The summed E-state index contributed by atoms with van der Waals surface area (Å²) >= 11 is 5.98. The van der Waals surface area contributed by atoms with Crippen LogP contribution in [0.15, 0.2) is 18.2 Å². The first-order chi connectivity index (χ1) is 9.06. The number of rotatable bonds is 6. The van der Waals surface area contributed by atoms with Crippen LogP contribution >= 0.6 is 11.6 Å². The van der Waals surface area contributed by atoms with E-state index in [2.05, 4.69) is 10.6 Å². The van der Waals surface area contributed by atoms with Crippen molar-refractivity contribution in [2.45, 2.75) is 38.3 Å². The fourth-order valence-corrected chi connectivity index (χ4v) is 2.22. The van der Waals surface area contributed by atoms with Crippen molar-refractivity contribution in [3.8, 4) is 0 Å². The Morgan fingerprint density at radius 1 is 1.53 bits per heavy atom. The van der Waals surface area contributed by atoms with Gasteiger partial charge >= 0.3 is 0 Å². The van der Waals surface area contributed by atoms with Crippen LogP contribution in [-0.2, 0) is 4.79 Å². The topological polar surface area (TPSA) is 41.1 Å². The van der Waals surface area contributed by atoms with Gasteiger partial charge in [0.25, 0.3) is 0 Å². The van der Waals surface area contributed by atoms with Gasteiger partial charge in [-0.3, -0.25) is 4.79 Å². The standard InChI is InChI=1S/C14H18ClFN2O/c1-9(12-5-2-10(16)8-13(12)15)17-7-6-14(19)18-11-3-4-11/h2,5,8-9,11,17H,3-4,6-7H2,1H3,(H,18,19). The third kappa shape index (κ3) is 4.48. The predicted octanol–water partition coefficient (Wildman–Crippen LogP) is 2.80. The maximum Gasteiger partial charge on any atom is 0.221 e. The van der Waals surface area contributed by atoms with E-state index in [0.717, 1.165) is 18.4 Å². The summed E-state index contributed by atoms with van der Waals surface area (Å²) in [6.45, 7) is 2.52. The van der Waals surface area contributed by atoms with Gasteiger partial charge in [-0.1, -0.05) is 17.7 Å². The molecular weight excluding hydrogens is 267 g/mol. The highest BCUT2D eigenvalue weighted by Crippen LogP contribution is 2.23. The summed E-state index contributed by atoms with van der Waals surface area (Å²) in [6, 6.07) is 4.74. The van der Waals surface area contributed by atoms with Crippen molar-refractivity contribution < 1.29 is 9.18 Å². The highest BCUT2D eigenvalue weighted by molar-refractivity contribution is 6.31. The first-order valence-electron chi connectivity index (χ1n) is 6.54. The second-order valence-corrected chi connectivity index (χ2v) is 5.34. The Hall–Kier alpha value is -1.13. The van der Waals surface area contributed by atoms with E-state index in [9.17, 15) is 9.18 Å². The van der Waals surface area contributed by atoms with Gasteiger partial charge in [0.05, 0.1) is 0 Å². The number of amides is 1. The molecule has 0 bridgehead atoms. The van der Waals surface area contributed by atoms with Gasteiger partial charge in [-0.05, 0) is 37.5 Å². The average molecular weight is 285 g/mol. The third-order valence-electron chi connectivity index (χ3n) is 3.17. The highest BCUT2D eigenvalue weighted by atomic mass is 35.5. The van der Waals surface area contributed by atoms with Crippen LogP contribution in [0.5, 0.6) is 0 Å². The average Bonchev–Trinajstić information content (AvgIpc) is 3.12. The van der Waals surface area contributed by atoms with Gasteiger partial charge < -0.3 is 10.6 Å². The number of hydrogen-bond acceptors (Lipinski definition) is 2. The summed E-state index contributed by atoms with van der Waals surface area (Å²) in [4.78, 5) is 11.5. The number of carbonyl (C=O) groups excluding carboxylic acids is 1. The maximum absolute atomic E-state index is 12.9. The molecule has 1 aromatic carbocycles. The molecule has 2 N–H and O–H groups in total. The summed E-state index contributed by atoms with van der Waals surface area (Å²) in [6.07, 6.45) is 2.64. The summed E-state index contributed by atoms with van der Waals surface area (Å²) in [5, 5.41) is 6.55. The quantitative estimate of drug-likeness (QED) is 0.843. The lowest BCUT2D eigenvalue weighted by atomic mass is 10.1. The Labute approximate surface area is 117 Å². The van der Waals surface area contributed by atoms with Crippen LogP contribution in [0.2, 0.25) is 5.02 Å². The summed E-state index contributed by atoms with van der Waals surface area (Å²) in [5.41, 5.74) is 0.839. The molecule has 0 aliphatic heterocycles. The molecule has 1 aliphatic rings. The molecule has 1 amide bonds. The molecule has 0 heterocycles. The normalized spacial score (nSPS) is 16.2. The monoisotopic (exact) mass is 284 g/mol. The van der Waals surface area contributed by atoms with Crippen LogP contribution in [0.1, 0.15) is 37.8 Å². The van der Waals surface area contributed by atoms with E-state index in [1.165, 1.54) is 12.1 Å². The van der Waals surface area contributed by atoms with E-state index in [0.29, 0.717) is 24.0 Å². The first-order valence-corrected chi connectivity index (χ1v) is 6.92. The molecule has 0 saturated heterocycles. The van der Waals surface area contributed by atoms with Crippen LogP contribution in [-0.4, -0.2) is 18.5 Å². The fourth-order valence-electron chi connectivity index (χ4n) is 1.89.